The average Bonchev–Trinajstić information content (AvgIpc) is 2.64. The zero-order valence-electron chi connectivity index (χ0n) is 16.2. The minimum absolute atomic E-state index is 0. The summed E-state index contributed by atoms with van der Waals surface area (Å²) in [7, 11) is 1.65. The number of rotatable bonds is 11. The molecule has 0 saturated heterocycles. The van der Waals surface area contributed by atoms with Crippen LogP contribution in [0.25, 0.3) is 0 Å². The third-order valence-corrected chi connectivity index (χ3v) is 4.48. The van der Waals surface area contributed by atoms with E-state index in [1.54, 1.807) is 7.11 Å². The number of hydrogen-bond donors (Lipinski definition) is 3. The standard InChI is InChI=1S/C20H27BrN2O3.2ClH/c1-15-3-5-16(6-4-15)14-26-20-18(21)11-17(12-19(20)25-2)13-23-8-7-22-9-10-24;;/h3-6,11-12,22-24H,7-10,13-14H2,1-2H3;2*1H. The smallest absolute Gasteiger partial charge is 0.175 e. The summed E-state index contributed by atoms with van der Waals surface area (Å²) in [6.07, 6.45) is 0. The van der Waals surface area contributed by atoms with Gasteiger partial charge in [-0.3, -0.25) is 0 Å². The number of methoxy groups -OCH3 is 1. The Balaban J connectivity index is 0.00000364. The fourth-order valence-electron chi connectivity index (χ4n) is 2.47. The molecule has 5 nitrogen and oxygen atoms in total. The van der Waals surface area contributed by atoms with Crippen molar-refractivity contribution in [3.8, 4) is 11.5 Å². The van der Waals surface area contributed by atoms with Gasteiger partial charge in [0.05, 0.1) is 18.2 Å². The second-order valence-electron chi connectivity index (χ2n) is 6.03. The van der Waals surface area contributed by atoms with Crippen molar-refractivity contribution in [1.82, 2.24) is 10.6 Å². The summed E-state index contributed by atoms with van der Waals surface area (Å²) >= 11 is 3.59. The van der Waals surface area contributed by atoms with Gasteiger partial charge in [-0.25, -0.2) is 0 Å². The van der Waals surface area contributed by atoms with Crippen LogP contribution in [-0.4, -0.2) is 38.5 Å². The highest BCUT2D eigenvalue weighted by atomic mass is 79.9. The first-order chi connectivity index (χ1) is 12.6. The van der Waals surface area contributed by atoms with Gasteiger partial charge in [-0.1, -0.05) is 29.8 Å². The quantitative estimate of drug-likeness (QED) is 0.413. The van der Waals surface area contributed by atoms with E-state index in [0.29, 0.717) is 24.7 Å². The number of halogens is 3. The van der Waals surface area contributed by atoms with Crippen LogP contribution in [0.15, 0.2) is 40.9 Å². The molecule has 8 heteroatoms. The highest BCUT2D eigenvalue weighted by Crippen LogP contribution is 2.37. The molecule has 0 atom stereocenters. The molecule has 0 unspecified atom stereocenters. The average molecular weight is 496 g/mol. The van der Waals surface area contributed by atoms with E-state index in [0.717, 1.165) is 35.2 Å². The third-order valence-electron chi connectivity index (χ3n) is 3.89. The van der Waals surface area contributed by atoms with Gasteiger partial charge in [0.25, 0.3) is 0 Å². The van der Waals surface area contributed by atoms with Crippen molar-refractivity contribution in [2.24, 2.45) is 0 Å². The van der Waals surface area contributed by atoms with Crippen LogP contribution in [0.3, 0.4) is 0 Å². The molecule has 0 saturated carbocycles. The highest BCUT2D eigenvalue weighted by Gasteiger charge is 2.12. The Morgan fingerprint density at radius 3 is 2.29 bits per heavy atom. The fourth-order valence-corrected chi connectivity index (χ4v) is 3.07. The first-order valence-electron chi connectivity index (χ1n) is 8.71. The molecule has 158 valence electrons. The molecule has 2 rings (SSSR count). The van der Waals surface area contributed by atoms with Crippen molar-refractivity contribution < 1.29 is 14.6 Å². The van der Waals surface area contributed by atoms with E-state index in [1.165, 1.54) is 5.56 Å². The molecule has 0 aliphatic rings. The van der Waals surface area contributed by atoms with Crippen molar-refractivity contribution in [3.63, 3.8) is 0 Å². The minimum atomic E-state index is 0. The van der Waals surface area contributed by atoms with E-state index >= 15 is 0 Å². The van der Waals surface area contributed by atoms with E-state index in [1.807, 2.05) is 12.1 Å². The second kappa shape index (κ2) is 14.9. The highest BCUT2D eigenvalue weighted by molar-refractivity contribution is 9.10. The Morgan fingerprint density at radius 1 is 0.964 bits per heavy atom. The number of nitrogens with one attached hydrogen (secondary N) is 2. The normalized spacial score (nSPS) is 10.0. The number of benzene rings is 2. The van der Waals surface area contributed by atoms with Gasteiger partial charge in [0.1, 0.15) is 6.61 Å². The zero-order valence-corrected chi connectivity index (χ0v) is 19.4. The van der Waals surface area contributed by atoms with E-state index in [-0.39, 0.29) is 31.4 Å². The molecule has 2 aromatic carbocycles. The van der Waals surface area contributed by atoms with Gasteiger partial charge in [0.15, 0.2) is 11.5 Å². The van der Waals surface area contributed by atoms with Gasteiger partial charge in [-0.05, 0) is 46.1 Å². The van der Waals surface area contributed by atoms with E-state index in [9.17, 15) is 0 Å². The summed E-state index contributed by atoms with van der Waals surface area (Å²) in [6, 6.07) is 12.3. The number of ether oxygens (including phenoxy) is 2. The molecular formula is C20H29BrCl2N2O3. The molecule has 28 heavy (non-hydrogen) atoms. The Kier molecular flexibility index (Phi) is 14.4. The molecule has 0 aliphatic heterocycles. The van der Waals surface area contributed by atoms with Gasteiger partial charge >= 0.3 is 0 Å². The van der Waals surface area contributed by atoms with Crippen LogP contribution in [0.5, 0.6) is 11.5 Å². The molecule has 3 N–H and O–H groups in total. The maximum Gasteiger partial charge on any atom is 0.175 e. The van der Waals surface area contributed by atoms with Crippen LogP contribution in [0.4, 0.5) is 0 Å². The lowest BCUT2D eigenvalue weighted by atomic mass is 10.1. The molecule has 2 aromatic rings. The molecule has 0 radical (unpaired) electrons. The van der Waals surface area contributed by atoms with Gasteiger partial charge in [-0.2, -0.15) is 0 Å². The maximum absolute atomic E-state index is 8.73. The van der Waals surface area contributed by atoms with Crippen molar-refractivity contribution in [2.75, 3.05) is 33.4 Å². The predicted octanol–water partition coefficient (Wildman–Crippen LogP) is 3.86. The van der Waals surface area contributed by atoms with Crippen LogP contribution in [0.1, 0.15) is 16.7 Å². The Hall–Kier alpha value is -1.02. The summed E-state index contributed by atoms with van der Waals surface area (Å²) in [5, 5.41) is 15.2. The Morgan fingerprint density at radius 2 is 1.64 bits per heavy atom. The SMILES string of the molecule is COc1cc(CNCCNCCO)cc(Br)c1OCc1ccc(C)cc1.Cl.Cl. The van der Waals surface area contributed by atoms with Gasteiger partial charge in [0.2, 0.25) is 0 Å². The number of aliphatic hydroxyl groups excluding tert-OH is 1. The van der Waals surface area contributed by atoms with E-state index < -0.39 is 0 Å². The van der Waals surface area contributed by atoms with Gasteiger partial charge in [-0.15, -0.1) is 24.8 Å². The van der Waals surface area contributed by atoms with Crippen molar-refractivity contribution >= 4 is 40.7 Å². The van der Waals surface area contributed by atoms with Crippen molar-refractivity contribution in [2.45, 2.75) is 20.1 Å². The molecule has 0 amide bonds. The van der Waals surface area contributed by atoms with Gasteiger partial charge < -0.3 is 25.2 Å². The summed E-state index contributed by atoms with van der Waals surface area (Å²) in [6.45, 7) is 5.71. The van der Waals surface area contributed by atoms with Crippen molar-refractivity contribution in [3.05, 3.63) is 57.6 Å². The number of aliphatic hydroxyl groups is 1. The number of aryl methyl sites for hydroxylation is 1. The second-order valence-corrected chi connectivity index (χ2v) is 6.89. The van der Waals surface area contributed by atoms with Gasteiger partial charge in [0, 0.05) is 26.2 Å². The predicted molar refractivity (Wildman–Crippen MR) is 122 cm³/mol. The molecule has 0 heterocycles. The van der Waals surface area contributed by atoms with Crippen LogP contribution in [0, 0.1) is 6.92 Å². The lowest BCUT2D eigenvalue weighted by Gasteiger charge is -2.15. The fraction of sp³-hybridized carbons (Fsp3) is 0.400. The van der Waals surface area contributed by atoms with Crippen LogP contribution in [-0.2, 0) is 13.2 Å². The first-order valence-corrected chi connectivity index (χ1v) is 9.50. The topological polar surface area (TPSA) is 62.8 Å². The summed E-state index contributed by atoms with van der Waals surface area (Å²) in [4.78, 5) is 0. The van der Waals surface area contributed by atoms with Crippen LogP contribution >= 0.6 is 40.7 Å². The van der Waals surface area contributed by atoms with E-state index in [4.69, 9.17) is 14.6 Å². The Labute approximate surface area is 188 Å². The molecule has 0 spiro atoms. The van der Waals surface area contributed by atoms with E-state index in [2.05, 4.69) is 57.8 Å². The Bertz CT molecular complexity index is 688. The summed E-state index contributed by atoms with van der Waals surface area (Å²) < 4.78 is 12.4. The van der Waals surface area contributed by atoms with Crippen LogP contribution < -0.4 is 20.1 Å². The zero-order chi connectivity index (χ0) is 18.8. The molecule has 0 bridgehead atoms. The summed E-state index contributed by atoms with van der Waals surface area (Å²) in [5.41, 5.74) is 3.46. The summed E-state index contributed by atoms with van der Waals surface area (Å²) in [5.74, 6) is 1.42. The monoisotopic (exact) mass is 494 g/mol. The lowest BCUT2D eigenvalue weighted by Crippen LogP contribution is -2.28. The largest absolute Gasteiger partial charge is 0.493 e. The molecule has 0 aliphatic carbocycles. The molecule has 0 aromatic heterocycles. The molecule has 0 fully saturated rings. The lowest BCUT2D eigenvalue weighted by molar-refractivity contribution is 0.282. The maximum atomic E-state index is 8.73. The van der Waals surface area contributed by atoms with Crippen LogP contribution in [0.2, 0.25) is 0 Å². The minimum Gasteiger partial charge on any atom is -0.493 e. The first kappa shape index (κ1) is 27.0. The van der Waals surface area contributed by atoms with Crippen molar-refractivity contribution in [1.29, 1.82) is 0 Å². The third kappa shape index (κ3) is 8.99. The molecular weight excluding hydrogens is 467 g/mol. The number of hydrogen-bond acceptors (Lipinski definition) is 5.